The van der Waals surface area contributed by atoms with Crippen molar-refractivity contribution in [3.8, 4) is 11.3 Å². The van der Waals surface area contributed by atoms with Crippen molar-refractivity contribution < 1.29 is 4.79 Å². The molecule has 1 unspecified atom stereocenters. The van der Waals surface area contributed by atoms with Crippen LogP contribution >= 0.6 is 0 Å². The lowest BCUT2D eigenvalue weighted by molar-refractivity contribution is -0.124. The Hall–Kier alpha value is -4.26. The van der Waals surface area contributed by atoms with Gasteiger partial charge in [0, 0.05) is 11.6 Å². The number of benzene rings is 3. The fourth-order valence-corrected chi connectivity index (χ4v) is 5.45. The first-order valence-electron chi connectivity index (χ1n) is 12.9. The molecule has 1 aliphatic carbocycles. The van der Waals surface area contributed by atoms with Crippen molar-refractivity contribution in [3.63, 3.8) is 0 Å². The number of carbonyl (C=O) groups excluding carboxylic acids is 1. The van der Waals surface area contributed by atoms with Crippen LogP contribution in [0.1, 0.15) is 49.3 Å². The number of rotatable bonds is 5. The number of amides is 1. The van der Waals surface area contributed by atoms with Gasteiger partial charge in [-0.3, -0.25) is 14.2 Å². The predicted molar refractivity (Wildman–Crippen MR) is 145 cm³/mol. The number of nitrogens with zero attached hydrogens (tertiary/aromatic N) is 4. The van der Waals surface area contributed by atoms with E-state index in [0.29, 0.717) is 22.2 Å². The van der Waals surface area contributed by atoms with Gasteiger partial charge in [-0.25, -0.2) is 4.52 Å². The monoisotopic (exact) mass is 491 g/mol. The highest BCUT2D eigenvalue weighted by Crippen LogP contribution is 2.28. The maximum Gasteiger partial charge on any atom is 0.280 e. The van der Waals surface area contributed by atoms with E-state index in [1.54, 1.807) is 9.08 Å². The summed E-state index contributed by atoms with van der Waals surface area (Å²) in [6.45, 7) is 2.01. The molecule has 0 saturated heterocycles. The van der Waals surface area contributed by atoms with Crippen LogP contribution in [0.3, 0.4) is 0 Å². The predicted octanol–water partition coefficient (Wildman–Crippen LogP) is 5.06. The molecule has 1 amide bonds. The third-order valence-corrected chi connectivity index (χ3v) is 7.36. The Morgan fingerprint density at radius 1 is 0.892 bits per heavy atom. The number of hydrogen-bond acceptors (Lipinski definition) is 4. The van der Waals surface area contributed by atoms with Crippen molar-refractivity contribution in [1.29, 1.82) is 0 Å². The molecule has 0 spiro atoms. The normalized spacial score (nSPS) is 15.2. The molecule has 37 heavy (non-hydrogen) atoms. The number of nitrogens with one attached hydrogen (secondary N) is 1. The van der Waals surface area contributed by atoms with Gasteiger partial charge >= 0.3 is 0 Å². The minimum atomic E-state index is -0.830. The molecule has 0 aliphatic heterocycles. The number of fused-ring (bicyclic) bond motifs is 3. The second-order valence-electron chi connectivity index (χ2n) is 9.89. The van der Waals surface area contributed by atoms with Crippen LogP contribution in [0.5, 0.6) is 0 Å². The smallest absolute Gasteiger partial charge is 0.280 e. The number of aromatic nitrogens is 4. The number of para-hydroxylation sites is 2. The maximum atomic E-state index is 14.4. The summed E-state index contributed by atoms with van der Waals surface area (Å²) in [5, 5.41) is 12.0. The minimum Gasteiger partial charge on any atom is -0.351 e. The Morgan fingerprint density at radius 2 is 1.57 bits per heavy atom. The quantitative estimate of drug-likeness (QED) is 0.373. The summed E-state index contributed by atoms with van der Waals surface area (Å²) in [5.41, 5.74) is 4.57. The van der Waals surface area contributed by atoms with Crippen molar-refractivity contribution in [2.75, 3.05) is 0 Å². The van der Waals surface area contributed by atoms with Crippen LogP contribution in [0.4, 0.5) is 0 Å². The molecule has 1 fully saturated rings. The molecule has 1 N–H and O–H groups in total. The molecule has 5 aromatic rings. The third kappa shape index (κ3) is 4.20. The van der Waals surface area contributed by atoms with Crippen LogP contribution in [-0.4, -0.2) is 31.3 Å². The number of aryl methyl sites for hydroxylation is 1. The zero-order chi connectivity index (χ0) is 25.4. The third-order valence-electron chi connectivity index (χ3n) is 7.36. The second kappa shape index (κ2) is 9.65. The summed E-state index contributed by atoms with van der Waals surface area (Å²) >= 11 is 0. The highest BCUT2D eigenvalue weighted by atomic mass is 16.2. The SMILES string of the molecule is Cc1ccc(C(C(=O)NC2CCCCC2)n2c(=O)c3c(-c4ccccc4)nnn3c3ccccc32)cc1. The Kier molecular flexibility index (Phi) is 6.04. The number of hydrogen-bond donors (Lipinski definition) is 1. The summed E-state index contributed by atoms with van der Waals surface area (Å²) in [7, 11) is 0. The summed E-state index contributed by atoms with van der Waals surface area (Å²) in [5.74, 6) is -0.166. The Balaban J connectivity index is 1.61. The van der Waals surface area contributed by atoms with Gasteiger partial charge in [-0.05, 0) is 37.5 Å². The van der Waals surface area contributed by atoms with Crippen molar-refractivity contribution in [2.45, 2.75) is 51.1 Å². The summed E-state index contributed by atoms with van der Waals surface area (Å²) in [6.07, 6.45) is 5.34. The van der Waals surface area contributed by atoms with Gasteiger partial charge in [-0.15, -0.1) is 5.10 Å². The van der Waals surface area contributed by atoms with Gasteiger partial charge < -0.3 is 5.32 Å². The van der Waals surface area contributed by atoms with Crippen LogP contribution in [0.2, 0.25) is 0 Å². The molecule has 1 aliphatic rings. The average Bonchev–Trinajstić information content (AvgIpc) is 3.39. The summed E-state index contributed by atoms with van der Waals surface area (Å²) in [4.78, 5) is 28.4. The first kappa shape index (κ1) is 23.2. The number of carbonyl (C=O) groups is 1. The highest BCUT2D eigenvalue weighted by molar-refractivity contribution is 5.89. The fourth-order valence-electron chi connectivity index (χ4n) is 5.45. The first-order chi connectivity index (χ1) is 18.1. The van der Waals surface area contributed by atoms with Crippen LogP contribution in [0.25, 0.3) is 27.8 Å². The lowest BCUT2D eigenvalue weighted by atomic mass is 9.94. The van der Waals surface area contributed by atoms with E-state index in [-0.39, 0.29) is 17.5 Å². The molecule has 3 aromatic carbocycles. The van der Waals surface area contributed by atoms with Gasteiger partial charge in [0.15, 0.2) is 5.52 Å². The molecule has 7 heteroatoms. The van der Waals surface area contributed by atoms with E-state index in [4.69, 9.17) is 0 Å². The first-order valence-corrected chi connectivity index (χ1v) is 12.9. The molecule has 7 nitrogen and oxygen atoms in total. The van der Waals surface area contributed by atoms with E-state index >= 15 is 0 Å². The topological polar surface area (TPSA) is 81.3 Å². The summed E-state index contributed by atoms with van der Waals surface area (Å²) in [6, 6.07) is 24.3. The van der Waals surface area contributed by atoms with Crippen molar-refractivity contribution in [1.82, 2.24) is 24.7 Å². The van der Waals surface area contributed by atoms with E-state index in [0.717, 1.165) is 42.4 Å². The Morgan fingerprint density at radius 3 is 2.30 bits per heavy atom. The van der Waals surface area contributed by atoms with Crippen LogP contribution in [-0.2, 0) is 4.79 Å². The lowest BCUT2D eigenvalue weighted by Gasteiger charge is -2.27. The van der Waals surface area contributed by atoms with Crippen molar-refractivity contribution >= 4 is 22.5 Å². The molecular weight excluding hydrogens is 462 g/mol. The summed E-state index contributed by atoms with van der Waals surface area (Å²) < 4.78 is 3.23. The standard InChI is InChI=1S/C30H29N5O2/c1-20-16-18-22(19-17-20)27(29(36)31-23-12-6-3-7-13-23)34-24-14-8-9-15-25(24)35-28(30(34)37)26(32-33-35)21-10-4-2-5-11-21/h2,4-5,8-11,14-19,23,27H,3,6-7,12-13H2,1H3,(H,31,36). The largest absolute Gasteiger partial charge is 0.351 e. The van der Waals surface area contributed by atoms with Crippen LogP contribution in [0.15, 0.2) is 83.7 Å². The van der Waals surface area contributed by atoms with Gasteiger partial charge in [0.2, 0.25) is 5.91 Å². The van der Waals surface area contributed by atoms with Crippen LogP contribution < -0.4 is 10.9 Å². The van der Waals surface area contributed by atoms with Gasteiger partial charge in [0.1, 0.15) is 11.7 Å². The molecule has 2 aromatic heterocycles. The second-order valence-corrected chi connectivity index (χ2v) is 9.89. The molecule has 0 bridgehead atoms. The zero-order valence-electron chi connectivity index (χ0n) is 20.8. The van der Waals surface area contributed by atoms with E-state index in [1.165, 1.54) is 6.42 Å². The molecule has 186 valence electrons. The van der Waals surface area contributed by atoms with Crippen molar-refractivity contribution in [2.24, 2.45) is 0 Å². The van der Waals surface area contributed by atoms with Crippen molar-refractivity contribution in [3.05, 3.63) is 100 Å². The van der Waals surface area contributed by atoms with Crippen LogP contribution in [0, 0.1) is 6.92 Å². The van der Waals surface area contributed by atoms with E-state index in [2.05, 4.69) is 15.6 Å². The Labute approximate surface area is 214 Å². The Bertz CT molecular complexity index is 1630. The average molecular weight is 492 g/mol. The van der Waals surface area contributed by atoms with Gasteiger partial charge in [0.25, 0.3) is 5.56 Å². The molecule has 2 heterocycles. The zero-order valence-corrected chi connectivity index (χ0v) is 20.8. The van der Waals surface area contributed by atoms with E-state index in [1.807, 2.05) is 85.8 Å². The molecule has 0 radical (unpaired) electrons. The highest BCUT2D eigenvalue weighted by Gasteiger charge is 2.30. The van der Waals surface area contributed by atoms with Gasteiger partial charge in [-0.1, -0.05) is 96.8 Å². The van der Waals surface area contributed by atoms with Gasteiger partial charge in [-0.2, -0.15) is 0 Å². The molecule has 6 rings (SSSR count). The van der Waals surface area contributed by atoms with E-state index < -0.39 is 6.04 Å². The fraction of sp³-hybridized carbons (Fsp3) is 0.267. The molecule has 1 atom stereocenters. The molecular formula is C30H29N5O2. The minimum absolute atomic E-state index is 0.122. The lowest BCUT2D eigenvalue weighted by Crippen LogP contribution is -2.43. The van der Waals surface area contributed by atoms with E-state index in [9.17, 15) is 9.59 Å². The maximum absolute atomic E-state index is 14.4. The van der Waals surface area contributed by atoms with Gasteiger partial charge in [0.05, 0.1) is 11.0 Å². The molecule has 1 saturated carbocycles.